The first-order valence-corrected chi connectivity index (χ1v) is 10.3. The van der Waals surface area contributed by atoms with E-state index in [0.29, 0.717) is 18.7 Å². The summed E-state index contributed by atoms with van der Waals surface area (Å²) in [7, 11) is -1.81. The molecule has 0 saturated heterocycles. The Labute approximate surface area is 159 Å². The van der Waals surface area contributed by atoms with E-state index in [2.05, 4.69) is 10.4 Å². The minimum Gasteiger partial charge on any atom is -0.345 e. The van der Waals surface area contributed by atoms with Gasteiger partial charge in [0.25, 0.3) is 5.91 Å². The quantitative estimate of drug-likeness (QED) is 0.796. The molecule has 1 aromatic carbocycles. The summed E-state index contributed by atoms with van der Waals surface area (Å²) in [6.07, 6.45) is 6.17. The molecule has 0 spiro atoms. The largest absolute Gasteiger partial charge is 0.345 e. The Balaban J connectivity index is 1.77. The lowest BCUT2D eigenvalue weighted by atomic mass is 10.1. The normalized spacial score (nSPS) is 16.6. The molecule has 0 fully saturated rings. The second-order valence-corrected chi connectivity index (χ2v) is 8.77. The Morgan fingerprint density at radius 2 is 2.11 bits per heavy atom. The van der Waals surface area contributed by atoms with Crippen LogP contribution < -0.4 is 5.32 Å². The lowest BCUT2D eigenvalue weighted by molar-refractivity contribution is 0.0939. The Kier molecular flexibility index (Phi) is 5.48. The fourth-order valence-corrected chi connectivity index (χ4v) is 4.37. The number of sulfonamides is 1. The van der Waals surface area contributed by atoms with E-state index in [9.17, 15) is 13.2 Å². The molecule has 0 saturated carbocycles. The van der Waals surface area contributed by atoms with Crippen molar-refractivity contribution >= 4 is 15.9 Å². The smallest absolute Gasteiger partial charge is 0.251 e. The third kappa shape index (κ3) is 4.28. The maximum atomic E-state index is 12.9. The molecule has 1 aromatic heterocycles. The third-order valence-corrected chi connectivity index (χ3v) is 6.57. The average Bonchev–Trinajstić information content (AvgIpc) is 3.09. The molecule has 0 bridgehead atoms. The molecule has 8 heteroatoms. The molecule has 0 aliphatic carbocycles. The van der Waals surface area contributed by atoms with Gasteiger partial charge in [0.15, 0.2) is 0 Å². The minimum atomic E-state index is -3.62. The summed E-state index contributed by atoms with van der Waals surface area (Å²) in [4.78, 5) is 12.7. The molecule has 2 aromatic rings. The molecule has 3 rings (SSSR count). The van der Waals surface area contributed by atoms with Crippen molar-refractivity contribution in [2.75, 3.05) is 13.1 Å². The predicted molar refractivity (Wildman–Crippen MR) is 103 cm³/mol. The number of hydrogen-bond acceptors (Lipinski definition) is 4. The second-order valence-electron chi connectivity index (χ2n) is 6.83. The second kappa shape index (κ2) is 7.66. The van der Waals surface area contributed by atoms with Crippen LogP contribution in [0.4, 0.5) is 0 Å². The molecule has 1 N–H and O–H groups in total. The van der Waals surface area contributed by atoms with Gasteiger partial charge in [-0.1, -0.05) is 17.7 Å². The molecular weight excluding hydrogens is 364 g/mol. The highest BCUT2D eigenvalue weighted by atomic mass is 32.2. The van der Waals surface area contributed by atoms with Crippen LogP contribution in [0.25, 0.3) is 0 Å². The molecule has 1 aliphatic rings. The molecule has 2 heterocycles. The van der Waals surface area contributed by atoms with Gasteiger partial charge in [-0.15, -0.1) is 0 Å². The van der Waals surface area contributed by atoms with Crippen molar-refractivity contribution < 1.29 is 13.2 Å². The van der Waals surface area contributed by atoms with Gasteiger partial charge in [0.1, 0.15) is 0 Å². The lowest BCUT2D eigenvalue weighted by Crippen LogP contribution is -2.35. The maximum absolute atomic E-state index is 12.9. The number of amides is 1. The topological polar surface area (TPSA) is 84.3 Å². The maximum Gasteiger partial charge on any atom is 0.251 e. The SMILES string of the molecule is CC1=CCN(S(=O)(=O)c2cccc(C(=O)N[C@H](C)c3cnn(C)c3)c2)CC1. The number of aromatic nitrogens is 2. The third-order valence-electron chi connectivity index (χ3n) is 4.71. The Bertz CT molecular complexity index is 978. The van der Waals surface area contributed by atoms with Crippen molar-refractivity contribution in [1.82, 2.24) is 19.4 Å². The first-order valence-electron chi connectivity index (χ1n) is 8.82. The van der Waals surface area contributed by atoms with Crippen LogP contribution in [0.1, 0.15) is 42.2 Å². The highest BCUT2D eigenvalue weighted by Crippen LogP contribution is 2.21. The number of carbonyl (C=O) groups is 1. The van der Waals surface area contributed by atoms with Gasteiger partial charge in [0, 0.05) is 37.5 Å². The summed E-state index contributed by atoms with van der Waals surface area (Å²) in [5, 5.41) is 6.98. The fraction of sp³-hybridized carbons (Fsp3) is 0.368. The highest BCUT2D eigenvalue weighted by Gasteiger charge is 2.26. The zero-order valence-corrected chi connectivity index (χ0v) is 16.5. The number of carbonyl (C=O) groups excluding carboxylic acids is 1. The van der Waals surface area contributed by atoms with Gasteiger partial charge >= 0.3 is 0 Å². The van der Waals surface area contributed by atoms with Crippen LogP contribution in [-0.2, 0) is 17.1 Å². The summed E-state index contributed by atoms with van der Waals surface area (Å²) in [6, 6.07) is 5.95. The van der Waals surface area contributed by atoms with Gasteiger partial charge in [-0.2, -0.15) is 9.40 Å². The molecule has 1 amide bonds. The van der Waals surface area contributed by atoms with Crippen LogP contribution in [0.3, 0.4) is 0 Å². The van der Waals surface area contributed by atoms with E-state index in [0.717, 1.165) is 12.0 Å². The van der Waals surface area contributed by atoms with Crippen molar-refractivity contribution in [1.29, 1.82) is 0 Å². The van der Waals surface area contributed by atoms with Crippen molar-refractivity contribution in [3.63, 3.8) is 0 Å². The van der Waals surface area contributed by atoms with Crippen LogP contribution in [0, 0.1) is 0 Å². The van der Waals surface area contributed by atoms with Crippen LogP contribution in [0.5, 0.6) is 0 Å². The molecule has 1 aliphatic heterocycles. The molecule has 0 radical (unpaired) electrons. The van der Waals surface area contributed by atoms with E-state index in [1.807, 2.05) is 33.2 Å². The van der Waals surface area contributed by atoms with E-state index in [4.69, 9.17) is 0 Å². The van der Waals surface area contributed by atoms with Crippen molar-refractivity contribution in [2.45, 2.75) is 31.2 Å². The van der Waals surface area contributed by atoms with Gasteiger partial charge in [0.2, 0.25) is 10.0 Å². The zero-order chi connectivity index (χ0) is 19.6. The van der Waals surface area contributed by atoms with Crippen LogP contribution in [0.2, 0.25) is 0 Å². The Hall–Kier alpha value is -2.45. The molecule has 144 valence electrons. The first kappa shape index (κ1) is 19.3. The van der Waals surface area contributed by atoms with E-state index in [1.165, 1.54) is 22.0 Å². The summed E-state index contributed by atoms with van der Waals surface area (Å²) in [6.45, 7) is 4.68. The fourth-order valence-electron chi connectivity index (χ4n) is 2.94. The first-order chi connectivity index (χ1) is 12.8. The monoisotopic (exact) mass is 388 g/mol. The van der Waals surface area contributed by atoms with Gasteiger partial charge < -0.3 is 5.32 Å². The van der Waals surface area contributed by atoms with E-state index in [-0.39, 0.29) is 16.8 Å². The molecule has 7 nitrogen and oxygen atoms in total. The van der Waals surface area contributed by atoms with E-state index < -0.39 is 10.0 Å². The summed E-state index contributed by atoms with van der Waals surface area (Å²) in [5.41, 5.74) is 2.39. The Morgan fingerprint density at radius 3 is 2.74 bits per heavy atom. The summed E-state index contributed by atoms with van der Waals surface area (Å²) in [5.74, 6) is -0.321. The van der Waals surface area contributed by atoms with E-state index >= 15 is 0 Å². The minimum absolute atomic E-state index is 0.136. The number of nitrogens with one attached hydrogen (secondary N) is 1. The highest BCUT2D eigenvalue weighted by molar-refractivity contribution is 7.89. The number of rotatable bonds is 5. The average molecular weight is 388 g/mol. The summed E-state index contributed by atoms with van der Waals surface area (Å²) < 4.78 is 28.8. The van der Waals surface area contributed by atoms with E-state index in [1.54, 1.807) is 23.0 Å². The summed E-state index contributed by atoms with van der Waals surface area (Å²) >= 11 is 0. The zero-order valence-electron chi connectivity index (χ0n) is 15.7. The van der Waals surface area contributed by atoms with Crippen molar-refractivity contribution in [3.05, 3.63) is 59.4 Å². The number of hydrogen-bond donors (Lipinski definition) is 1. The van der Waals surface area contributed by atoms with Crippen molar-refractivity contribution in [2.24, 2.45) is 7.05 Å². The Morgan fingerprint density at radius 1 is 1.33 bits per heavy atom. The standard InChI is InChI=1S/C19H24N4O3S/c1-14-7-9-23(10-8-14)27(25,26)18-6-4-5-16(11-18)19(24)21-15(2)17-12-20-22(3)13-17/h4-7,11-13,15H,8-10H2,1-3H3,(H,21,24)/t15-/m1/s1. The predicted octanol–water partition coefficient (Wildman–Crippen LogP) is 2.25. The number of benzene rings is 1. The van der Waals surface area contributed by atoms with Crippen LogP contribution in [-0.4, -0.2) is 41.5 Å². The van der Waals surface area contributed by atoms with Gasteiger partial charge in [0.05, 0.1) is 17.1 Å². The van der Waals surface area contributed by atoms with Crippen LogP contribution >= 0.6 is 0 Å². The lowest BCUT2D eigenvalue weighted by Gasteiger charge is -2.25. The molecule has 1 atom stereocenters. The van der Waals surface area contributed by atoms with Gasteiger partial charge in [-0.05, 0) is 38.5 Å². The molecule has 0 unspecified atom stereocenters. The number of nitrogens with zero attached hydrogens (tertiary/aromatic N) is 3. The number of aryl methyl sites for hydroxylation is 1. The van der Waals surface area contributed by atoms with Crippen LogP contribution in [0.15, 0.2) is 53.2 Å². The molecular formula is C19H24N4O3S. The molecule has 27 heavy (non-hydrogen) atoms. The van der Waals surface area contributed by atoms with Gasteiger partial charge in [-0.25, -0.2) is 8.42 Å². The van der Waals surface area contributed by atoms with Gasteiger partial charge in [-0.3, -0.25) is 9.48 Å². The van der Waals surface area contributed by atoms with Crippen molar-refractivity contribution in [3.8, 4) is 0 Å².